The normalized spacial score (nSPS) is 11.7. The molecule has 1 N–H and O–H groups in total. The predicted molar refractivity (Wildman–Crippen MR) is 90.2 cm³/mol. The summed E-state index contributed by atoms with van der Waals surface area (Å²) in [7, 11) is -3.90. The van der Waals surface area contributed by atoms with E-state index in [1.54, 1.807) is 6.07 Å². The lowest BCUT2D eigenvalue weighted by Gasteiger charge is -2.10. The van der Waals surface area contributed by atoms with Crippen LogP contribution in [-0.4, -0.2) is 20.3 Å². The Labute approximate surface area is 147 Å². The summed E-state index contributed by atoms with van der Waals surface area (Å²) in [5, 5.41) is -0.683. The summed E-state index contributed by atoms with van der Waals surface area (Å²) in [5.74, 6) is -0.0872. The monoisotopic (exact) mass is 387 g/mol. The second-order valence-corrected chi connectivity index (χ2v) is 6.77. The van der Waals surface area contributed by atoms with Crippen LogP contribution in [0.4, 0.5) is 14.5 Å². The van der Waals surface area contributed by atoms with Crippen molar-refractivity contribution in [2.24, 2.45) is 0 Å². The molecule has 0 radical (unpaired) electrons. The number of rotatable bonds is 7. The largest absolute Gasteiger partial charge is 0.435 e. The third kappa shape index (κ3) is 5.84. The molecule has 25 heavy (non-hydrogen) atoms. The standard InChI is InChI=1S/C16H12ClF2NO4S/c17-15(21)9-4-11-2-1-3-14(10-11)25(22,23)20-12-5-7-13(8-6-12)24-16(18)19/h1-10,16,20H. The van der Waals surface area contributed by atoms with Crippen molar-refractivity contribution in [3.05, 3.63) is 60.2 Å². The molecule has 0 aliphatic carbocycles. The van der Waals surface area contributed by atoms with Crippen LogP contribution in [0.1, 0.15) is 5.56 Å². The Morgan fingerprint density at radius 1 is 1.16 bits per heavy atom. The summed E-state index contributed by atoms with van der Waals surface area (Å²) in [6.07, 6.45) is 2.48. The van der Waals surface area contributed by atoms with E-state index in [2.05, 4.69) is 9.46 Å². The van der Waals surface area contributed by atoms with Gasteiger partial charge in [-0.1, -0.05) is 18.2 Å². The minimum atomic E-state index is -3.90. The molecule has 0 heterocycles. The van der Waals surface area contributed by atoms with Crippen molar-refractivity contribution < 1.29 is 26.7 Å². The van der Waals surface area contributed by atoms with Gasteiger partial charge in [0.25, 0.3) is 10.0 Å². The van der Waals surface area contributed by atoms with Crippen LogP contribution in [0.2, 0.25) is 0 Å². The molecule has 0 saturated carbocycles. The second-order valence-electron chi connectivity index (χ2n) is 4.72. The van der Waals surface area contributed by atoms with Gasteiger partial charge in [0.2, 0.25) is 5.24 Å². The highest BCUT2D eigenvalue weighted by molar-refractivity contribution is 7.92. The Kier molecular flexibility index (Phi) is 6.11. The zero-order valence-electron chi connectivity index (χ0n) is 12.5. The van der Waals surface area contributed by atoms with Crippen molar-refractivity contribution in [3.8, 4) is 5.75 Å². The number of nitrogens with one attached hydrogen (secondary N) is 1. The number of halogens is 3. The van der Waals surface area contributed by atoms with Crippen molar-refractivity contribution in [1.29, 1.82) is 0 Å². The summed E-state index contributed by atoms with van der Waals surface area (Å²) in [5.41, 5.74) is 0.649. The van der Waals surface area contributed by atoms with Gasteiger partial charge < -0.3 is 4.74 Å². The van der Waals surface area contributed by atoms with Crippen LogP contribution in [0.15, 0.2) is 59.5 Å². The number of allylic oxidation sites excluding steroid dienone is 1. The van der Waals surface area contributed by atoms with E-state index >= 15 is 0 Å². The average molecular weight is 388 g/mol. The van der Waals surface area contributed by atoms with E-state index < -0.39 is 21.9 Å². The van der Waals surface area contributed by atoms with E-state index in [4.69, 9.17) is 11.6 Å². The van der Waals surface area contributed by atoms with Gasteiger partial charge in [-0.3, -0.25) is 9.52 Å². The van der Waals surface area contributed by atoms with Crippen LogP contribution < -0.4 is 9.46 Å². The molecule has 0 aromatic heterocycles. The van der Waals surface area contributed by atoms with E-state index in [-0.39, 0.29) is 16.3 Å². The SMILES string of the molecule is O=C(Cl)C=Cc1cccc(S(=O)(=O)Nc2ccc(OC(F)F)cc2)c1. The van der Waals surface area contributed by atoms with E-state index in [0.717, 1.165) is 6.08 Å². The zero-order chi connectivity index (χ0) is 18.4. The number of ether oxygens (including phenoxy) is 1. The predicted octanol–water partition coefficient (Wildman–Crippen LogP) is 3.87. The van der Waals surface area contributed by atoms with Gasteiger partial charge in [0.15, 0.2) is 0 Å². The van der Waals surface area contributed by atoms with Crippen LogP contribution in [0.25, 0.3) is 6.08 Å². The molecule has 0 spiro atoms. The molecule has 0 aliphatic heterocycles. The van der Waals surface area contributed by atoms with Gasteiger partial charge >= 0.3 is 6.61 Å². The number of benzene rings is 2. The van der Waals surface area contributed by atoms with Gasteiger partial charge in [-0.2, -0.15) is 8.78 Å². The Morgan fingerprint density at radius 2 is 1.84 bits per heavy atom. The van der Waals surface area contributed by atoms with Gasteiger partial charge in [0.05, 0.1) is 4.90 Å². The molecule has 0 atom stereocenters. The highest BCUT2D eigenvalue weighted by Gasteiger charge is 2.14. The molecule has 0 unspecified atom stereocenters. The highest BCUT2D eigenvalue weighted by Crippen LogP contribution is 2.21. The molecule has 0 fully saturated rings. The van der Waals surface area contributed by atoms with E-state index in [1.807, 2.05) is 0 Å². The van der Waals surface area contributed by atoms with Crippen LogP contribution in [0, 0.1) is 0 Å². The first-order valence-electron chi connectivity index (χ1n) is 6.81. The summed E-state index contributed by atoms with van der Waals surface area (Å²) in [6, 6.07) is 10.9. The molecule has 2 rings (SSSR count). The highest BCUT2D eigenvalue weighted by atomic mass is 35.5. The fourth-order valence-corrected chi connectivity index (χ4v) is 3.04. The Bertz CT molecular complexity index is 883. The van der Waals surface area contributed by atoms with Crippen molar-refractivity contribution in [3.63, 3.8) is 0 Å². The zero-order valence-corrected chi connectivity index (χ0v) is 14.1. The number of hydrogen-bond acceptors (Lipinski definition) is 4. The van der Waals surface area contributed by atoms with Crippen molar-refractivity contribution >= 4 is 38.6 Å². The third-order valence-corrected chi connectivity index (χ3v) is 4.41. The smallest absolute Gasteiger partial charge is 0.387 e. The molecular formula is C16H12ClF2NO4S. The van der Waals surface area contributed by atoms with Crippen LogP contribution in [0.3, 0.4) is 0 Å². The van der Waals surface area contributed by atoms with E-state index in [0.29, 0.717) is 5.56 Å². The second kappa shape index (κ2) is 8.09. The molecule has 0 amide bonds. The lowest BCUT2D eigenvalue weighted by atomic mass is 10.2. The Balaban J connectivity index is 2.18. The maximum Gasteiger partial charge on any atom is 0.387 e. The van der Waals surface area contributed by atoms with E-state index in [1.165, 1.54) is 48.5 Å². The van der Waals surface area contributed by atoms with Crippen molar-refractivity contribution in [1.82, 2.24) is 0 Å². The first-order valence-corrected chi connectivity index (χ1v) is 8.68. The number of carbonyl (C=O) groups is 1. The van der Waals surface area contributed by atoms with Crippen LogP contribution >= 0.6 is 11.6 Å². The maximum absolute atomic E-state index is 12.4. The average Bonchev–Trinajstić information content (AvgIpc) is 2.54. The van der Waals surface area contributed by atoms with Gasteiger partial charge in [-0.05, 0) is 59.6 Å². The topological polar surface area (TPSA) is 72.5 Å². The van der Waals surface area contributed by atoms with Gasteiger partial charge in [0, 0.05) is 5.69 Å². The number of alkyl halides is 2. The minimum Gasteiger partial charge on any atom is -0.435 e. The van der Waals surface area contributed by atoms with Gasteiger partial charge in [-0.15, -0.1) is 0 Å². The molecule has 132 valence electrons. The Hall–Kier alpha value is -2.45. The molecule has 2 aromatic carbocycles. The maximum atomic E-state index is 12.4. The van der Waals surface area contributed by atoms with Crippen LogP contribution in [0.5, 0.6) is 5.75 Å². The van der Waals surface area contributed by atoms with Crippen LogP contribution in [-0.2, 0) is 14.8 Å². The van der Waals surface area contributed by atoms with Gasteiger partial charge in [0.1, 0.15) is 5.75 Å². The lowest BCUT2D eigenvalue weighted by Crippen LogP contribution is -2.13. The van der Waals surface area contributed by atoms with E-state index in [9.17, 15) is 22.0 Å². The summed E-state index contributed by atoms with van der Waals surface area (Å²) < 4.78 is 55.4. The van der Waals surface area contributed by atoms with Crippen molar-refractivity contribution in [2.75, 3.05) is 4.72 Å². The molecule has 5 nitrogen and oxygen atoms in total. The molecule has 2 aromatic rings. The number of hydrogen-bond donors (Lipinski definition) is 1. The van der Waals surface area contributed by atoms with Gasteiger partial charge in [-0.25, -0.2) is 8.42 Å². The molecule has 0 bridgehead atoms. The fraction of sp³-hybridized carbons (Fsp3) is 0.0625. The Morgan fingerprint density at radius 3 is 2.44 bits per heavy atom. The number of carbonyl (C=O) groups excluding carboxylic acids is 1. The third-order valence-electron chi connectivity index (χ3n) is 2.91. The molecule has 0 aliphatic rings. The molecule has 9 heteroatoms. The molecular weight excluding hydrogens is 376 g/mol. The number of anilines is 1. The first kappa shape index (κ1) is 18.9. The quantitative estimate of drug-likeness (QED) is 0.578. The summed E-state index contributed by atoms with van der Waals surface area (Å²) >= 11 is 5.20. The summed E-state index contributed by atoms with van der Waals surface area (Å²) in [4.78, 5) is 10.7. The minimum absolute atomic E-state index is 0.0374. The first-order chi connectivity index (χ1) is 11.8. The van der Waals surface area contributed by atoms with Crippen molar-refractivity contribution in [2.45, 2.75) is 11.5 Å². The fourth-order valence-electron chi connectivity index (χ4n) is 1.87. The lowest BCUT2D eigenvalue weighted by molar-refractivity contribution is -0.107. The molecule has 0 saturated heterocycles. The summed E-state index contributed by atoms with van der Waals surface area (Å²) in [6.45, 7) is -2.96. The number of sulfonamides is 1.